The van der Waals surface area contributed by atoms with Crippen molar-refractivity contribution in [1.82, 2.24) is 4.72 Å². The summed E-state index contributed by atoms with van der Waals surface area (Å²) in [5, 5.41) is 3.07. The predicted molar refractivity (Wildman–Crippen MR) is 101 cm³/mol. The Kier molecular flexibility index (Phi) is 6.95. The van der Waals surface area contributed by atoms with Crippen LogP contribution in [0.25, 0.3) is 0 Å². The van der Waals surface area contributed by atoms with Crippen molar-refractivity contribution in [2.24, 2.45) is 5.92 Å². The van der Waals surface area contributed by atoms with Crippen molar-refractivity contribution in [3.63, 3.8) is 0 Å². The Balaban J connectivity index is 1.81. The van der Waals surface area contributed by atoms with E-state index >= 15 is 0 Å². The van der Waals surface area contributed by atoms with Crippen LogP contribution in [0.1, 0.15) is 39.5 Å². The molecule has 0 saturated heterocycles. The molecule has 7 heteroatoms. The van der Waals surface area contributed by atoms with E-state index in [4.69, 9.17) is 9.47 Å². The Bertz CT molecular complexity index is 653. The van der Waals surface area contributed by atoms with Gasteiger partial charge in [0, 0.05) is 24.3 Å². The van der Waals surface area contributed by atoms with Crippen molar-refractivity contribution in [3.05, 3.63) is 18.2 Å². The van der Waals surface area contributed by atoms with Crippen LogP contribution in [0.4, 0.5) is 5.69 Å². The summed E-state index contributed by atoms with van der Waals surface area (Å²) in [5.74, 6) is 1.97. The Labute approximate surface area is 151 Å². The lowest BCUT2D eigenvalue weighted by Gasteiger charge is -2.29. The van der Waals surface area contributed by atoms with Gasteiger partial charge in [-0.1, -0.05) is 0 Å². The highest BCUT2D eigenvalue weighted by Crippen LogP contribution is 2.31. The van der Waals surface area contributed by atoms with Crippen LogP contribution in [0.2, 0.25) is 0 Å². The first-order valence-electron chi connectivity index (χ1n) is 8.82. The molecule has 1 aliphatic rings. The molecule has 6 nitrogen and oxygen atoms in total. The Morgan fingerprint density at radius 1 is 1.08 bits per heavy atom. The number of rotatable bonds is 8. The molecular weight excluding hydrogens is 340 g/mol. The largest absolute Gasteiger partial charge is 0.493 e. The fraction of sp³-hybridized carbons (Fsp3) is 0.667. The number of anilines is 1. The molecule has 0 unspecified atom stereocenters. The van der Waals surface area contributed by atoms with E-state index in [9.17, 15) is 8.42 Å². The molecule has 0 aromatic heterocycles. The molecule has 1 aromatic rings. The Morgan fingerprint density at radius 3 is 2.28 bits per heavy atom. The highest BCUT2D eigenvalue weighted by molar-refractivity contribution is 7.90. The van der Waals surface area contributed by atoms with Gasteiger partial charge in [0.1, 0.15) is 0 Å². The monoisotopic (exact) mass is 370 g/mol. The lowest BCUT2D eigenvalue weighted by atomic mass is 9.86. The van der Waals surface area contributed by atoms with Gasteiger partial charge in [0.15, 0.2) is 11.5 Å². The van der Waals surface area contributed by atoms with E-state index in [2.05, 4.69) is 10.0 Å². The maximum Gasteiger partial charge on any atom is 0.214 e. The van der Waals surface area contributed by atoms with Crippen LogP contribution in [0.5, 0.6) is 11.5 Å². The van der Waals surface area contributed by atoms with Crippen molar-refractivity contribution in [3.8, 4) is 11.5 Å². The van der Waals surface area contributed by atoms with Gasteiger partial charge in [-0.3, -0.25) is 0 Å². The number of methoxy groups -OCH3 is 2. The van der Waals surface area contributed by atoms with E-state index in [-0.39, 0.29) is 11.3 Å². The molecular formula is C18H30N2O4S. The highest BCUT2D eigenvalue weighted by atomic mass is 32.2. The number of ether oxygens (including phenoxy) is 2. The lowest BCUT2D eigenvalue weighted by Crippen LogP contribution is -2.41. The van der Waals surface area contributed by atoms with Crippen LogP contribution < -0.4 is 19.5 Å². The number of benzene rings is 1. The summed E-state index contributed by atoms with van der Waals surface area (Å²) in [7, 11) is 0.0718. The van der Waals surface area contributed by atoms with Gasteiger partial charge in [-0.25, -0.2) is 13.1 Å². The van der Waals surface area contributed by atoms with Crippen LogP contribution in [0.3, 0.4) is 0 Å². The Morgan fingerprint density at radius 2 is 1.72 bits per heavy atom. The summed E-state index contributed by atoms with van der Waals surface area (Å²) in [6, 6.07) is 5.87. The van der Waals surface area contributed by atoms with Gasteiger partial charge in [-0.05, 0) is 57.6 Å². The summed E-state index contributed by atoms with van der Waals surface area (Å²) in [4.78, 5) is 0. The van der Waals surface area contributed by atoms with Gasteiger partial charge in [0.05, 0.1) is 19.5 Å². The normalized spacial score (nSPS) is 21.2. The number of hydrogen-bond donors (Lipinski definition) is 2. The average Bonchev–Trinajstić information content (AvgIpc) is 2.60. The van der Waals surface area contributed by atoms with Crippen LogP contribution in [-0.2, 0) is 10.0 Å². The Hall–Kier alpha value is -1.47. The fourth-order valence-electron chi connectivity index (χ4n) is 3.06. The number of sulfonamides is 1. The molecule has 2 N–H and O–H groups in total. The van der Waals surface area contributed by atoms with E-state index in [1.54, 1.807) is 28.1 Å². The van der Waals surface area contributed by atoms with Gasteiger partial charge in [0.25, 0.3) is 0 Å². The molecule has 0 amide bonds. The molecule has 1 fully saturated rings. The predicted octanol–water partition coefficient (Wildman–Crippen LogP) is 3.00. The molecule has 0 spiro atoms. The van der Waals surface area contributed by atoms with Crippen LogP contribution in [0, 0.1) is 5.92 Å². The summed E-state index contributed by atoms with van der Waals surface area (Å²) in [6.07, 6.45) is 3.83. The number of hydrogen-bond acceptors (Lipinski definition) is 5. The molecule has 0 atom stereocenters. The molecule has 25 heavy (non-hydrogen) atoms. The second kappa shape index (κ2) is 8.76. The van der Waals surface area contributed by atoms with E-state index in [0.29, 0.717) is 17.4 Å². The molecule has 1 aliphatic carbocycles. The van der Waals surface area contributed by atoms with Crippen molar-refractivity contribution in [2.45, 2.75) is 50.8 Å². The molecule has 0 radical (unpaired) electrons. The lowest BCUT2D eigenvalue weighted by molar-refractivity contribution is 0.323. The van der Waals surface area contributed by atoms with E-state index in [0.717, 1.165) is 37.9 Å². The third kappa shape index (κ3) is 5.51. The van der Waals surface area contributed by atoms with E-state index in [1.165, 1.54) is 0 Å². The first-order chi connectivity index (χ1) is 11.9. The van der Waals surface area contributed by atoms with Crippen LogP contribution >= 0.6 is 0 Å². The third-order valence-corrected chi connectivity index (χ3v) is 6.68. The summed E-state index contributed by atoms with van der Waals surface area (Å²) in [5.41, 5.74) is 1.00. The van der Waals surface area contributed by atoms with Gasteiger partial charge in [-0.2, -0.15) is 0 Å². The summed E-state index contributed by atoms with van der Waals surface area (Å²) in [6.45, 7) is 4.29. The van der Waals surface area contributed by atoms with Gasteiger partial charge in [-0.15, -0.1) is 0 Å². The number of nitrogens with one attached hydrogen (secondary N) is 2. The zero-order valence-corrected chi connectivity index (χ0v) is 16.4. The smallest absolute Gasteiger partial charge is 0.214 e. The van der Waals surface area contributed by atoms with Crippen LogP contribution in [-0.4, -0.2) is 40.5 Å². The van der Waals surface area contributed by atoms with Gasteiger partial charge in [0.2, 0.25) is 10.0 Å². The van der Waals surface area contributed by atoms with Gasteiger partial charge >= 0.3 is 0 Å². The minimum absolute atomic E-state index is 0.0738. The third-order valence-electron chi connectivity index (χ3n) is 4.78. The van der Waals surface area contributed by atoms with E-state index in [1.807, 2.05) is 18.2 Å². The fourth-order valence-corrected chi connectivity index (χ4v) is 4.03. The van der Waals surface area contributed by atoms with Crippen molar-refractivity contribution in [1.29, 1.82) is 0 Å². The summed E-state index contributed by atoms with van der Waals surface area (Å²) >= 11 is 0. The first kappa shape index (κ1) is 19.8. The molecule has 0 bridgehead atoms. The first-order valence-corrected chi connectivity index (χ1v) is 10.4. The molecule has 0 aliphatic heterocycles. The minimum atomic E-state index is -3.18. The SMILES string of the molecule is COc1ccc(NC[C@H]2CC[C@H](NS(=O)(=O)C(C)C)CC2)cc1OC. The molecule has 1 saturated carbocycles. The maximum atomic E-state index is 12.0. The summed E-state index contributed by atoms with van der Waals surface area (Å²) < 4.78 is 37.3. The van der Waals surface area contributed by atoms with Crippen molar-refractivity contribution in [2.75, 3.05) is 26.1 Å². The highest BCUT2D eigenvalue weighted by Gasteiger charge is 2.26. The molecule has 0 heterocycles. The van der Waals surface area contributed by atoms with E-state index < -0.39 is 10.0 Å². The zero-order valence-electron chi connectivity index (χ0n) is 15.5. The quantitative estimate of drug-likeness (QED) is 0.736. The zero-order chi connectivity index (χ0) is 18.4. The van der Waals surface area contributed by atoms with Crippen molar-refractivity contribution < 1.29 is 17.9 Å². The molecule has 1 aromatic carbocycles. The average molecular weight is 371 g/mol. The second-order valence-corrected chi connectivity index (χ2v) is 9.15. The van der Waals surface area contributed by atoms with Crippen LogP contribution in [0.15, 0.2) is 18.2 Å². The molecule has 142 valence electrons. The standard InChI is InChI=1S/C18H30N2O4S/c1-13(2)25(21,22)20-15-7-5-14(6-8-15)12-19-16-9-10-17(23-3)18(11-16)24-4/h9-11,13-15,19-20H,5-8,12H2,1-4H3/t14-,15-. The second-order valence-electron chi connectivity index (χ2n) is 6.88. The minimum Gasteiger partial charge on any atom is -0.493 e. The topological polar surface area (TPSA) is 76.7 Å². The van der Waals surface area contributed by atoms with Crippen molar-refractivity contribution >= 4 is 15.7 Å². The van der Waals surface area contributed by atoms with Gasteiger partial charge < -0.3 is 14.8 Å². The molecule has 2 rings (SSSR count). The maximum absolute atomic E-state index is 12.0.